The van der Waals surface area contributed by atoms with E-state index >= 15 is 4.39 Å². The lowest BCUT2D eigenvalue weighted by molar-refractivity contribution is -0.137. The van der Waals surface area contributed by atoms with Crippen molar-refractivity contribution in [3.8, 4) is 0 Å². The molecule has 1 aromatic carbocycles. The van der Waals surface area contributed by atoms with Crippen LogP contribution in [0.25, 0.3) is 0 Å². The summed E-state index contributed by atoms with van der Waals surface area (Å²) in [6, 6.07) is 4.61. The minimum absolute atomic E-state index is 0.0238. The van der Waals surface area contributed by atoms with Crippen LogP contribution in [0, 0.1) is 5.82 Å². The summed E-state index contributed by atoms with van der Waals surface area (Å²) < 4.78 is 54.0. The number of nitrogens with one attached hydrogen (secondary N) is 1. The van der Waals surface area contributed by atoms with E-state index in [1.54, 1.807) is 4.90 Å². The van der Waals surface area contributed by atoms with Crippen LogP contribution < -0.4 is 16.0 Å². The van der Waals surface area contributed by atoms with E-state index in [1.165, 1.54) is 30.9 Å². The highest BCUT2D eigenvalue weighted by molar-refractivity contribution is 5.75. The SMILES string of the molecule is NC(=O)Cc1ncc(CNc2ncnc(N3CCCC3c3ccc(C(F)(F)F)cc3)c2F)cn1. The van der Waals surface area contributed by atoms with Crippen molar-refractivity contribution in [1.82, 2.24) is 19.9 Å². The van der Waals surface area contributed by atoms with E-state index in [0.717, 1.165) is 18.6 Å². The van der Waals surface area contributed by atoms with E-state index in [9.17, 15) is 18.0 Å². The molecule has 0 spiro atoms. The summed E-state index contributed by atoms with van der Waals surface area (Å²) >= 11 is 0. The number of primary amides is 1. The Labute approximate surface area is 192 Å². The zero-order chi connectivity index (χ0) is 24.3. The van der Waals surface area contributed by atoms with Gasteiger partial charge in [0.15, 0.2) is 11.6 Å². The van der Waals surface area contributed by atoms with Crippen LogP contribution in [0.5, 0.6) is 0 Å². The van der Waals surface area contributed by atoms with Crippen LogP contribution >= 0.6 is 0 Å². The van der Waals surface area contributed by atoms with Gasteiger partial charge in [-0.15, -0.1) is 0 Å². The summed E-state index contributed by atoms with van der Waals surface area (Å²) in [6.45, 7) is 0.681. The average Bonchev–Trinajstić information content (AvgIpc) is 3.28. The fraction of sp³-hybridized carbons (Fsp3) is 0.318. The molecule has 0 radical (unpaired) electrons. The van der Waals surface area contributed by atoms with Crippen LogP contribution in [0.3, 0.4) is 0 Å². The lowest BCUT2D eigenvalue weighted by atomic mass is 10.0. The van der Waals surface area contributed by atoms with Crippen LogP contribution in [-0.4, -0.2) is 32.4 Å². The molecular weight excluding hydrogens is 454 g/mol. The number of hydrogen-bond donors (Lipinski definition) is 2. The summed E-state index contributed by atoms with van der Waals surface area (Å²) in [5, 5.41) is 2.88. The van der Waals surface area contributed by atoms with Gasteiger partial charge in [0.2, 0.25) is 11.7 Å². The van der Waals surface area contributed by atoms with Crippen LogP contribution in [0.1, 0.15) is 41.4 Å². The second kappa shape index (κ2) is 9.57. The highest BCUT2D eigenvalue weighted by atomic mass is 19.4. The van der Waals surface area contributed by atoms with Gasteiger partial charge in [-0.3, -0.25) is 4.79 Å². The number of benzene rings is 1. The zero-order valence-corrected chi connectivity index (χ0v) is 17.9. The van der Waals surface area contributed by atoms with Crippen LogP contribution in [0.4, 0.5) is 29.2 Å². The molecule has 3 aromatic rings. The number of anilines is 2. The Hall–Kier alpha value is -3.83. The Balaban J connectivity index is 1.49. The van der Waals surface area contributed by atoms with Crippen molar-refractivity contribution in [2.75, 3.05) is 16.8 Å². The normalized spacial score (nSPS) is 16.0. The molecule has 0 aliphatic carbocycles. The number of nitrogens with two attached hydrogens (primary N) is 1. The van der Waals surface area contributed by atoms with E-state index in [1.807, 2.05) is 0 Å². The van der Waals surface area contributed by atoms with E-state index in [0.29, 0.717) is 24.1 Å². The molecule has 1 unspecified atom stereocenters. The second-order valence-corrected chi connectivity index (χ2v) is 7.84. The number of hydrogen-bond acceptors (Lipinski definition) is 7. The van der Waals surface area contributed by atoms with Gasteiger partial charge in [0.05, 0.1) is 18.0 Å². The Morgan fingerprint density at radius 3 is 2.47 bits per heavy atom. The largest absolute Gasteiger partial charge is 0.416 e. The fourth-order valence-electron chi connectivity index (χ4n) is 3.85. The summed E-state index contributed by atoms with van der Waals surface area (Å²) in [5.74, 6) is -0.863. The van der Waals surface area contributed by atoms with Gasteiger partial charge in [0.1, 0.15) is 12.2 Å². The maximum Gasteiger partial charge on any atom is 0.416 e. The topological polar surface area (TPSA) is 110 Å². The Morgan fingerprint density at radius 1 is 1.12 bits per heavy atom. The number of amides is 1. The van der Waals surface area contributed by atoms with Crippen molar-refractivity contribution in [2.45, 2.75) is 38.0 Å². The number of carbonyl (C=O) groups is 1. The summed E-state index contributed by atoms with van der Waals surface area (Å²) in [7, 11) is 0. The second-order valence-electron chi connectivity index (χ2n) is 7.84. The molecule has 1 aliphatic heterocycles. The third-order valence-corrected chi connectivity index (χ3v) is 5.47. The number of carbonyl (C=O) groups excluding carboxylic acids is 1. The lowest BCUT2D eigenvalue weighted by Crippen LogP contribution is -2.25. The minimum atomic E-state index is -4.42. The molecule has 12 heteroatoms. The Kier molecular flexibility index (Phi) is 6.57. The highest BCUT2D eigenvalue weighted by Crippen LogP contribution is 2.38. The van der Waals surface area contributed by atoms with Gasteiger partial charge in [-0.05, 0) is 30.5 Å². The summed E-state index contributed by atoms with van der Waals surface area (Å²) in [4.78, 5) is 28.8. The number of nitrogens with zero attached hydrogens (tertiary/aromatic N) is 5. The van der Waals surface area contributed by atoms with Crippen molar-refractivity contribution in [1.29, 1.82) is 0 Å². The van der Waals surface area contributed by atoms with Gasteiger partial charge in [-0.25, -0.2) is 19.9 Å². The van der Waals surface area contributed by atoms with Crippen LogP contribution in [0.2, 0.25) is 0 Å². The first-order chi connectivity index (χ1) is 16.2. The van der Waals surface area contributed by atoms with Gasteiger partial charge in [-0.2, -0.15) is 17.6 Å². The number of aromatic nitrogens is 4. The first-order valence-corrected chi connectivity index (χ1v) is 10.5. The highest BCUT2D eigenvalue weighted by Gasteiger charge is 2.33. The van der Waals surface area contributed by atoms with Gasteiger partial charge >= 0.3 is 6.18 Å². The predicted molar refractivity (Wildman–Crippen MR) is 115 cm³/mol. The molecule has 0 saturated carbocycles. The molecular formula is C22H21F4N7O. The minimum Gasteiger partial charge on any atom is -0.369 e. The zero-order valence-electron chi connectivity index (χ0n) is 17.9. The molecule has 1 saturated heterocycles. The predicted octanol–water partition coefficient (Wildman–Crippen LogP) is 3.41. The van der Waals surface area contributed by atoms with Gasteiger partial charge in [0.25, 0.3) is 0 Å². The van der Waals surface area contributed by atoms with Gasteiger partial charge < -0.3 is 16.0 Å². The lowest BCUT2D eigenvalue weighted by Gasteiger charge is -2.27. The molecule has 3 heterocycles. The molecule has 34 heavy (non-hydrogen) atoms. The number of alkyl halides is 3. The molecule has 178 valence electrons. The molecule has 2 aromatic heterocycles. The van der Waals surface area contributed by atoms with Crippen molar-refractivity contribution in [3.05, 3.63) is 71.3 Å². The average molecular weight is 475 g/mol. The van der Waals surface area contributed by atoms with E-state index in [2.05, 4.69) is 25.3 Å². The van der Waals surface area contributed by atoms with Crippen molar-refractivity contribution in [2.24, 2.45) is 5.73 Å². The van der Waals surface area contributed by atoms with Crippen LogP contribution in [0.15, 0.2) is 43.0 Å². The molecule has 1 atom stereocenters. The molecule has 0 bridgehead atoms. The Morgan fingerprint density at radius 2 is 1.82 bits per heavy atom. The smallest absolute Gasteiger partial charge is 0.369 e. The maximum atomic E-state index is 15.3. The van der Waals surface area contributed by atoms with Crippen molar-refractivity contribution >= 4 is 17.5 Å². The van der Waals surface area contributed by atoms with E-state index in [4.69, 9.17) is 5.73 Å². The monoisotopic (exact) mass is 475 g/mol. The first-order valence-electron chi connectivity index (χ1n) is 10.5. The van der Waals surface area contributed by atoms with E-state index < -0.39 is 23.5 Å². The molecule has 1 fully saturated rings. The molecule has 1 amide bonds. The number of halogens is 4. The maximum absolute atomic E-state index is 15.3. The third-order valence-electron chi connectivity index (χ3n) is 5.47. The van der Waals surface area contributed by atoms with E-state index in [-0.39, 0.29) is 36.5 Å². The van der Waals surface area contributed by atoms with Crippen molar-refractivity contribution in [3.63, 3.8) is 0 Å². The molecule has 4 rings (SSSR count). The molecule has 3 N–H and O–H groups in total. The van der Waals surface area contributed by atoms with Gasteiger partial charge in [-0.1, -0.05) is 12.1 Å². The van der Waals surface area contributed by atoms with Crippen LogP contribution in [-0.2, 0) is 23.9 Å². The molecule has 1 aliphatic rings. The summed E-state index contributed by atoms with van der Waals surface area (Å²) in [6.07, 6.45) is 1.14. The first kappa shape index (κ1) is 23.3. The fourth-order valence-corrected chi connectivity index (χ4v) is 3.85. The summed E-state index contributed by atoms with van der Waals surface area (Å²) in [5.41, 5.74) is 5.68. The standard InChI is InChI=1S/C22H21F4N7O/c23-19-20(30-11-13-9-28-18(29-10-13)8-17(27)34)31-12-32-21(19)33-7-1-2-16(33)14-3-5-15(6-4-14)22(24,25)26/h3-6,9-10,12,16H,1-2,7-8,11H2,(H2,27,34)(H,30,31,32). The Bertz CT molecular complexity index is 1150. The third kappa shape index (κ3) is 5.21. The molecule has 8 nitrogen and oxygen atoms in total. The number of rotatable bonds is 7. The van der Waals surface area contributed by atoms with Gasteiger partial charge in [0, 0.05) is 31.0 Å². The quantitative estimate of drug-likeness (QED) is 0.504. The van der Waals surface area contributed by atoms with Crippen molar-refractivity contribution < 1.29 is 22.4 Å².